The van der Waals surface area contributed by atoms with Gasteiger partial charge in [-0.25, -0.2) is 0 Å². The lowest BCUT2D eigenvalue weighted by molar-refractivity contribution is 0.100. The third-order valence-corrected chi connectivity index (χ3v) is 5.25. The van der Waals surface area contributed by atoms with Crippen LogP contribution in [0.5, 0.6) is 0 Å². The SMILES string of the molecule is C=Ic1cccc(C(=O)c2ccccc2C(=O)c2ccccc2)c1. The minimum absolute atomic E-state index is 0.130. The highest BCUT2D eigenvalue weighted by Crippen LogP contribution is 2.20. The quantitative estimate of drug-likeness (QED) is 0.437. The molecule has 24 heavy (non-hydrogen) atoms. The summed E-state index contributed by atoms with van der Waals surface area (Å²) in [5, 5.41) is 0. The highest BCUT2D eigenvalue weighted by atomic mass is 127. The molecular weight excluding hydrogens is 411 g/mol. The van der Waals surface area contributed by atoms with Gasteiger partial charge < -0.3 is 0 Å². The Bertz CT molecular complexity index is 914. The van der Waals surface area contributed by atoms with E-state index in [4.69, 9.17) is 0 Å². The van der Waals surface area contributed by atoms with Gasteiger partial charge in [-0.3, -0.25) is 9.59 Å². The highest BCUT2D eigenvalue weighted by molar-refractivity contribution is 14.2. The second kappa shape index (κ2) is 7.45. The largest absolute Gasteiger partial charge is 0.289 e. The van der Waals surface area contributed by atoms with Crippen molar-refractivity contribution in [3.63, 3.8) is 0 Å². The molecule has 0 aliphatic rings. The van der Waals surface area contributed by atoms with Crippen molar-refractivity contribution < 1.29 is 9.59 Å². The average Bonchev–Trinajstić information content (AvgIpc) is 2.67. The number of hydrogen-bond donors (Lipinski definition) is 0. The van der Waals surface area contributed by atoms with Gasteiger partial charge in [0.1, 0.15) is 0 Å². The van der Waals surface area contributed by atoms with Crippen molar-refractivity contribution in [2.45, 2.75) is 0 Å². The fourth-order valence-electron chi connectivity index (χ4n) is 2.49. The molecule has 0 aliphatic carbocycles. The van der Waals surface area contributed by atoms with E-state index in [1.807, 2.05) is 36.4 Å². The molecule has 0 aromatic heterocycles. The van der Waals surface area contributed by atoms with Crippen molar-refractivity contribution in [2.75, 3.05) is 0 Å². The third-order valence-electron chi connectivity index (χ3n) is 3.69. The van der Waals surface area contributed by atoms with E-state index in [0.717, 1.165) is 3.57 Å². The van der Waals surface area contributed by atoms with Crippen molar-refractivity contribution in [3.8, 4) is 0 Å². The molecule has 3 aromatic carbocycles. The normalized spacial score (nSPS) is 10.3. The summed E-state index contributed by atoms with van der Waals surface area (Å²) in [7, 11) is 0. The Kier molecular flexibility index (Phi) is 5.11. The van der Waals surface area contributed by atoms with Gasteiger partial charge in [-0.1, -0.05) is 92.0 Å². The van der Waals surface area contributed by atoms with E-state index in [9.17, 15) is 9.59 Å². The predicted molar refractivity (Wildman–Crippen MR) is 106 cm³/mol. The molecular formula is C21H15IO2. The Balaban J connectivity index is 2.04. The maximum atomic E-state index is 12.9. The molecule has 0 saturated carbocycles. The van der Waals surface area contributed by atoms with Crippen LogP contribution in [0.3, 0.4) is 0 Å². The first kappa shape index (κ1) is 16.5. The van der Waals surface area contributed by atoms with Crippen molar-refractivity contribution in [1.29, 1.82) is 0 Å². The van der Waals surface area contributed by atoms with Crippen LogP contribution in [-0.4, -0.2) is 16.1 Å². The minimum atomic E-state index is -0.330. The summed E-state index contributed by atoms with van der Waals surface area (Å²) in [6, 6.07) is 23.5. The van der Waals surface area contributed by atoms with Crippen LogP contribution >= 0.6 is 20.7 Å². The van der Waals surface area contributed by atoms with E-state index in [2.05, 4.69) is 4.51 Å². The number of rotatable bonds is 5. The smallest absolute Gasteiger partial charge is 0.193 e. The molecule has 3 heteroatoms. The molecule has 3 rings (SSSR count). The highest BCUT2D eigenvalue weighted by Gasteiger charge is 2.19. The van der Waals surface area contributed by atoms with Crippen LogP contribution in [0.15, 0.2) is 78.9 Å². The Hall–Kier alpha value is -2.40. The van der Waals surface area contributed by atoms with Crippen LogP contribution in [-0.2, 0) is 0 Å². The van der Waals surface area contributed by atoms with Gasteiger partial charge in [0.15, 0.2) is 11.6 Å². The van der Waals surface area contributed by atoms with E-state index in [0.29, 0.717) is 22.3 Å². The van der Waals surface area contributed by atoms with Crippen LogP contribution in [0.1, 0.15) is 31.8 Å². The van der Waals surface area contributed by atoms with Crippen LogP contribution < -0.4 is 0 Å². The van der Waals surface area contributed by atoms with Gasteiger partial charge in [-0.05, 0) is 12.1 Å². The summed E-state index contributed by atoms with van der Waals surface area (Å²) in [4.78, 5) is 25.7. The van der Waals surface area contributed by atoms with Crippen molar-refractivity contribution in [2.24, 2.45) is 0 Å². The Morgan fingerprint density at radius 1 is 0.667 bits per heavy atom. The standard InChI is InChI=1S/C21H15IO2/c1-22-17-11-7-10-16(14-17)21(24)19-13-6-5-12-18(19)20(23)15-8-3-2-4-9-15/h2-14H,1H2. The molecule has 0 unspecified atom stereocenters. The van der Waals surface area contributed by atoms with E-state index < -0.39 is 0 Å². The van der Waals surface area contributed by atoms with Gasteiger partial charge in [0, 0.05) is 25.8 Å². The summed E-state index contributed by atoms with van der Waals surface area (Å²) < 4.78 is 5.06. The van der Waals surface area contributed by atoms with E-state index in [1.165, 1.54) is 0 Å². The molecule has 118 valence electrons. The van der Waals surface area contributed by atoms with Gasteiger partial charge in [0.25, 0.3) is 0 Å². The Morgan fingerprint density at radius 3 is 1.83 bits per heavy atom. The number of carbonyl (C=O) groups is 2. The fraction of sp³-hybridized carbons (Fsp3) is 0. The number of hydrogen-bond acceptors (Lipinski definition) is 2. The van der Waals surface area contributed by atoms with Crippen LogP contribution in [0, 0.1) is 3.57 Å². The summed E-state index contributed by atoms with van der Waals surface area (Å²) >= 11 is -0.330. The summed E-state index contributed by atoms with van der Waals surface area (Å²) in [6.45, 7) is 0. The van der Waals surface area contributed by atoms with Gasteiger partial charge in [0.2, 0.25) is 0 Å². The first-order valence-electron chi connectivity index (χ1n) is 7.42. The molecule has 2 nitrogen and oxygen atoms in total. The zero-order valence-electron chi connectivity index (χ0n) is 12.9. The molecule has 0 fully saturated rings. The van der Waals surface area contributed by atoms with Gasteiger partial charge in [-0.15, -0.1) is 0 Å². The zero-order valence-corrected chi connectivity index (χ0v) is 15.1. The average molecular weight is 426 g/mol. The molecule has 0 N–H and O–H groups in total. The maximum absolute atomic E-state index is 12.9. The lowest BCUT2D eigenvalue weighted by Gasteiger charge is -2.08. The summed E-state index contributed by atoms with van der Waals surface area (Å²) in [6.07, 6.45) is 0. The fourth-order valence-corrected chi connectivity index (χ4v) is 3.51. The van der Waals surface area contributed by atoms with E-state index in [-0.39, 0.29) is 32.3 Å². The molecule has 0 amide bonds. The monoisotopic (exact) mass is 426 g/mol. The predicted octanol–water partition coefficient (Wildman–Crippen LogP) is 4.72. The lowest BCUT2D eigenvalue weighted by Crippen LogP contribution is -2.11. The van der Waals surface area contributed by atoms with Crippen molar-refractivity contribution in [3.05, 3.63) is 105 Å². The lowest BCUT2D eigenvalue weighted by atomic mass is 9.93. The molecule has 0 heterocycles. The second-order valence-electron chi connectivity index (χ2n) is 5.21. The first-order chi connectivity index (χ1) is 11.7. The zero-order chi connectivity index (χ0) is 16.9. The number of benzene rings is 3. The van der Waals surface area contributed by atoms with Crippen LogP contribution in [0.25, 0.3) is 0 Å². The molecule has 0 radical (unpaired) electrons. The van der Waals surface area contributed by atoms with Gasteiger partial charge >= 0.3 is 0 Å². The first-order valence-corrected chi connectivity index (χ1v) is 10.0. The molecule has 0 bridgehead atoms. The number of carbonyl (C=O) groups excluding carboxylic acids is 2. The maximum Gasteiger partial charge on any atom is 0.193 e. The molecule has 3 aromatic rings. The molecule has 0 aliphatic heterocycles. The Labute approximate surface area is 150 Å². The number of ketones is 2. The summed E-state index contributed by atoms with van der Waals surface area (Å²) in [5.74, 6) is -0.269. The topological polar surface area (TPSA) is 34.1 Å². The molecule has 0 spiro atoms. The van der Waals surface area contributed by atoms with E-state index in [1.54, 1.807) is 42.5 Å². The van der Waals surface area contributed by atoms with Crippen molar-refractivity contribution >= 4 is 36.8 Å². The minimum Gasteiger partial charge on any atom is -0.289 e. The summed E-state index contributed by atoms with van der Waals surface area (Å²) in [5.41, 5.74) is 2.05. The second-order valence-corrected chi connectivity index (χ2v) is 7.22. The Morgan fingerprint density at radius 2 is 1.21 bits per heavy atom. The van der Waals surface area contributed by atoms with Crippen LogP contribution in [0.4, 0.5) is 0 Å². The van der Waals surface area contributed by atoms with Crippen LogP contribution in [0.2, 0.25) is 0 Å². The number of halogens is 1. The molecule has 0 saturated heterocycles. The van der Waals surface area contributed by atoms with Crippen molar-refractivity contribution in [1.82, 2.24) is 0 Å². The van der Waals surface area contributed by atoms with Gasteiger partial charge in [-0.2, -0.15) is 0 Å². The van der Waals surface area contributed by atoms with E-state index >= 15 is 0 Å². The van der Waals surface area contributed by atoms with Gasteiger partial charge in [0.05, 0.1) is 0 Å². The third kappa shape index (κ3) is 3.41. The molecule has 0 atom stereocenters.